The number of hydrogen-bond acceptors (Lipinski definition) is 4. The number of carbonyl (C=O) groups is 1. The third kappa shape index (κ3) is 1.98. The number of H-pyrrole nitrogens is 1. The Morgan fingerprint density at radius 2 is 2.38 bits per heavy atom. The van der Waals surface area contributed by atoms with Crippen LogP contribution in [0.1, 0.15) is 36.4 Å². The highest BCUT2D eigenvalue weighted by Crippen LogP contribution is 2.27. The van der Waals surface area contributed by atoms with Crippen LogP contribution in [0.15, 0.2) is 11.0 Å². The Balaban J connectivity index is 2.45. The average molecular weight is 240 g/mol. The van der Waals surface area contributed by atoms with Crippen molar-refractivity contribution < 1.29 is 9.53 Å². The average Bonchev–Trinajstić information content (AvgIpc) is 2.65. The van der Waals surface area contributed by atoms with Crippen LogP contribution >= 0.6 is 12.2 Å². The van der Waals surface area contributed by atoms with Gasteiger partial charge in [-0.15, -0.1) is 0 Å². The second kappa shape index (κ2) is 4.31. The summed E-state index contributed by atoms with van der Waals surface area (Å²) in [6.07, 6.45) is 3.75. The summed E-state index contributed by atoms with van der Waals surface area (Å²) >= 11 is 5.03. The molecule has 1 aromatic rings. The molecule has 0 saturated carbocycles. The van der Waals surface area contributed by atoms with E-state index in [9.17, 15) is 9.59 Å². The molecule has 2 atom stereocenters. The van der Waals surface area contributed by atoms with Gasteiger partial charge in [0.05, 0.1) is 11.7 Å². The Morgan fingerprint density at radius 3 is 2.94 bits per heavy atom. The highest BCUT2D eigenvalue weighted by molar-refractivity contribution is 7.71. The summed E-state index contributed by atoms with van der Waals surface area (Å²) in [6, 6.07) is 0. The van der Waals surface area contributed by atoms with Crippen molar-refractivity contribution in [2.75, 3.05) is 0 Å². The van der Waals surface area contributed by atoms with Crippen LogP contribution in [0.3, 0.4) is 0 Å². The van der Waals surface area contributed by atoms with Crippen molar-refractivity contribution in [1.29, 1.82) is 0 Å². The van der Waals surface area contributed by atoms with E-state index < -0.39 is 5.56 Å². The van der Waals surface area contributed by atoms with E-state index in [4.69, 9.17) is 17.0 Å². The molecule has 2 heterocycles. The van der Waals surface area contributed by atoms with Crippen LogP contribution in [-0.2, 0) is 4.74 Å². The van der Waals surface area contributed by atoms with Crippen LogP contribution in [-0.4, -0.2) is 21.9 Å². The van der Waals surface area contributed by atoms with Gasteiger partial charge in [0.15, 0.2) is 11.1 Å². The number of hydrogen-bond donors (Lipinski definition) is 1. The number of ether oxygens (including phenoxy) is 1. The number of rotatable bonds is 2. The summed E-state index contributed by atoms with van der Waals surface area (Å²) in [5, 5.41) is 0. The lowest BCUT2D eigenvalue weighted by Crippen LogP contribution is -2.20. The Bertz CT molecular complexity index is 520. The first-order valence-corrected chi connectivity index (χ1v) is 5.48. The molecule has 0 spiro atoms. The first-order chi connectivity index (χ1) is 7.61. The summed E-state index contributed by atoms with van der Waals surface area (Å²) in [7, 11) is 0. The third-order valence-electron chi connectivity index (χ3n) is 2.64. The minimum atomic E-state index is -0.456. The molecule has 1 aliphatic heterocycles. The molecule has 1 saturated heterocycles. The molecule has 0 amide bonds. The van der Waals surface area contributed by atoms with Crippen LogP contribution in [0.2, 0.25) is 0 Å². The van der Waals surface area contributed by atoms with Crippen molar-refractivity contribution in [3.05, 3.63) is 26.9 Å². The van der Waals surface area contributed by atoms with E-state index in [1.54, 1.807) is 4.57 Å². The zero-order valence-electron chi connectivity index (χ0n) is 8.80. The van der Waals surface area contributed by atoms with E-state index in [0.29, 0.717) is 6.29 Å². The van der Waals surface area contributed by atoms with Crippen molar-refractivity contribution in [2.45, 2.75) is 32.1 Å². The van der Waals surface area contributed by atoms with Gasteiger partial charge < -0.3 is 4.74 Å². The van der Waals surface area contributed by atoms with Gasteiger partial charge >= 0.3 is 0 Å². The molecule has 1 aromatic heterocycles. The molecule has 0 radical (unpaired) electrons. The Hall–Kier alpha value is -1.27. The SMILES string of the molecule is CC1CCC(n2cc(C=O)c(=O)[nH]c2=S)O1. The fourth-order valence-electron chi connectivity index (χ4n) is 1.78. The maximum Gasteiger partial charge on any atom is 0.262 e. The van der Waals surface area contributed by atoms with Crippen molar-refractivity contribution in [3.8, 4) is 0 Å². The highest BCUT2D eigenvalue weighted by Gasteiger charge is 2.23. The number of aromatic nitrogens is 2. The highest BCUT2D eigenvalue weighted by atomic mass is 32.1. The molecular formula is C10H12N2O3S. The summed E-state index contributed by atoms with van der Waals surface area (Å²) < 4.78 is 7.54. The maximum absolute atomic E-state index is 11.3. The molecule has 6 heteroatoms. The van der Waals surface area contributed by atoms with Gasteiger partial charge in [0.1, 0.15) is 6.23 Å². The fraction of sp³-hybridized carbons (Fsp3) is 0.500. The topological polar surface area (TPSA) is 64.1 Å². The second-order valence-corrected chi connectivity index (χ2v) is 4.23. The Kier molecular flexibility index (Phi) is 3.02. The molecule has 2 rings (SSSR count). The molecule has 2 unspecified atom stereocenters. The Labute approximate surface area is 97.1 Å². The molecule has 0 aliphatic carbocycles. The van der Waals surface area contributed by atoms with Gasteiger partial charge in [-0.05, 0) is 32.0 Å². The summed E-state index contributed by atoms with van der Waals surface area (Å²) in [5.41, 5.74) is -0.390. The van der Waals surface area contributed by atoms with Gasteiger partial charge in [-0.25, -0.2) is 0 Å². The fourth-order valence-corrected chi connectivity index (χ4v) is 2.05. The van der Waals surface area contributed by atoms with E-state index in [1.807, 2.05) is 6.92 Å². The molecule has 1 fully saturated rings. The summed E-state index contributed by atoms with van der Waals surface area (Å²) in [4.78, 5) is 24.4. The standard InChI is InChI=1S/C10H12N2O3S/c1-6-2-3-8(15-6)12-4-7(5-13)9(14)11-10(12)16/h4-6,8H,2-3H2,1H3,(H,11,14,16). The monoisotopic (exact) mass is 240 g/mol. The van der Waals surface area contributed by atoms with Crippen LogP contribution < -0.4 is 5.56 Å². The molecule has 0 aromatic carbocycles. The quantitative estimate of drug-likeness (QED) is 0.627. The number of carbonyl (C=O) groups excluding carboxylic acids is 1. The van der Waals surface area contributed by atoms with Gasteiger partial charge in [0, 0.05) is 6.20 Å². The molecule has 86 valence electrons. The van der Waals surface area contributed by atoms with E-state index in [1.165, 1.54) is 6.20 Å². The Morgan fingerprint density at radius 1 is 1.62 bits per heavy atom. The van der Waals surface area contributed by atoms with Crippen LogP contribution in [0.5, 0.6) is 0 Å². The largest absolute Gasteiger partial charge is 0.355 e. The van der Waals surface area contributed by atoms with Crippen LogP contribution in [0.4, 0.5) is 0 Å². The minimum Gasteiger partial charge on any atom is -0.355 e. The second-order valence-electron chi connectivity index (χ2n) is 3.85. The van der Waals surface area contributed by atoms with E-state index >= 15 is 0 Å². The van der Waals surface area contributed by atoms with E-state index in [0.717, 1.165) is 12.8 Å². The van der Waals surface area contributed by atoms with Crippen molar-refractivity contribution in [1.82, 2.24) is 9.55 Å². The minimum absolute atomic E-state index is 0.0664. The van der Waals surface area contributed by atoms with Gasteiger partial charge in [-0.2, -0.15) is 0 Å². The third-order valence-corrected chi connectivity index (χ3v) is 2.95. The molecule has 1 aliphatic rings. The number of nitrogens with one attached hydrogen (secondary N) is 1. The predicted octanol–water partition coefficient (Wildman–Crippen LogP) is 1.42. The molecule has 0 bridgehead atoms. The zero-order valence-corrected chi connectivity index (χ0v) is 9.62. The number of nitrogens with zero attached hydrogens (tertiary/aromatic N) is 1. The summed E-state index contributed by atoms with van der Waals surface area (Å²) in [6.45, 7) is 1.98. The predicted molar refractivity (Wildman–Crippen MR) is 60.1 cm³/mol. The molecular weight excluding hydrogens is 228 g/mol. The lowest BCUT2D eigenvalue weighted by molar-refractivity contribution is 0.00904. The van der Waals surface area contributed by atoms with E-state index in [2.05, 4.69) is 4.98 Å². The van der Waals surface area contributed by atoms with Crippen molar-refractivity contribution >= 4 is 18.5 Å². The lowest BCUT2D eigenvalue weighted by Gasteiger charge is -2.15. The van der Waals surface area contributed by atoms with Crippen LogP contribution in [0, 0.1) is 4.77 Å². The smallest absolute Gasteiger partial charge is 0.262 e. The molecule has 16 heavy (non-hydrogen) atoms. The van der Waals surface area contributed by atoms with Gasteiger partial charge in [0.25, 0.3) is 5.56 Å². The zero-order chi connectivity index (χ0) is 11.7. The van der Waals surface area contributed by atoms with Crippen molar-refractivity contribution in [2.24, 2.45) is 0 Å². The van der Waals surface area contributed by atoms with Crippen molar-refractivity contribution in [3.63, 3.8) is 0 Å². The molecule has 5 nitrogen and oxygen atoms in total. The van der Waals surface area contributed by atoms with Gasteiger partial charge in [0.2, 0.25) is 0 Å². The normalized spacial score (nSPS) is 24.6. The molecule has 1 N–H and O–H groups in total. The number of aromatic amines is 1. The van der Waals surface area contributed by atoms with Gasteiger partial charge in [-0.3, -0.25) is 19.1 Å². The van der Waals surface area contributed by atoms with E-state index in [-0.39, 0.29) is 22.7 Å². The first-order valence-electron chi connectivity index (χ1n) is 5.08. The maximum atomic E-state index is 11.3. The first kappa shape index (κ1) is 11.2. The number of aldehydes is 1. The van der Waals surface area contributed by atoms with Crippen LogP contribution in [0.25, 0.3) is 0 Å². The summed E-state index contributed by atoms with van der Waals surface area (Å²) in [5.74, 6) is 0. The van der Waals surface area contributed by atoms with Gasteiger partial charge in [-0.1, -0.05) is 0 Å². The lowest BCUT2D eigenvalue weighted by atomic mass is 10.2.